The van der Waals surface area contributed by atoms with Crippen LogP contribution in [0.3, 0.4) is 0 Å². The van der Waals surface area contributed by atoms with Crippen molar-refractivity contribution in [2.75, 3.05) is 12.4 Å². The van der Waals surface area contributed by atoms with Crippen LogP contribution in [-0.4, -0.2) is 18.9 Å². The second kappa shape index (κ2) is 9.12. The van der Waals surface area contributed by atoms with Gasteiger partial charge in [0.15, 0.2) is 0 Å². The Kier molecular flexibility index (Phi) is 6.36. The number of halogens is 1. The van der Waals surface area contributed by atoms with E-state index in [9.17, 15) is 9.59 Å². The van der Waals surface area contributed by atoms with Crippen molar-refractivity contribution in [3.05, 3.63) is 88.5 Å². The Morgan fingerprint density at radius 1 is 1.10 bits per heavy atom. The summed E-state index contributed by atoms with van der Waals surface area (Å²) in [6.45, 7) is 1.89. The molecule has 0 unspecified atom stereocenters. The summed E-state index contributed by atoms with van der Waals surface area (Å²) in [6, 6.07) is 15.3. The van der Waals surface area contributed by atoms with Crippen molar-refractivity contribution >= 4 is 35.2 Å². The summed E-state index contributed by atoms with van der Waals surface area (Å²) >= 11 is 6.11. The van der Waals surface area contributed by atoms with Gasteiger partial charge in [-0.05, 0) is 49.4 Å². The van der Waals surface area contributed by atoms with Crippen molar-refractivity contribution in [2.45, 2.75) is 6.92 Å². The van der Waals surface area contributed by atoms with Crippen LogP contribution < -0.4 is 15.4 Å². The SMILES string of the molecule is COc1ccc(NC(=O)/C(=C/c2ccco2)NC(=O)c2cccc(C)c2)cc1Cl. The van der Waals surface area contributed by atoms with E-state index in [1.54, 1.807) is 48.5 Å². The first-order valence-corrected chi connectivity index (χ1v) is 9.12. The van der Waals surface area contributed by atoms with Crippen LogP contribution in [0.15, 0.2) is 71.0 Å². The van der Waals surface area contributed by atoms with Crippen LogP contribution in [0.1, 0.15) is 21.7 Å². The molecule has 0 saturated carbocycles. The highest BCUT2D eigenvalue weighted by molar-refractivity contribution is 6.32. The molecule has 0 bridgehead atoms. The minimum atomic E-state index is -0.524. The van der Waals surface area contributed by atoms with E-state index in [-0.39, 0.29) is 5.70 Å². The second-order valence-electron chi connectivity index (χ2n) is 6.20. The summed E-state index contributed by atoms with van der Waals surface area (Å²) < 4.78 is 10.4. The molecule has 7 heteroatoms. The van der Waals surface area contributed by atoms with Crippen LogP contribution in [0.25, 0.3) is 6.08 Å². The molecule has 0 aliphatic heterocycles. The average Bonchev–Trinajstić information content (AvgIpc) is 3.20. The number of ether oxygens (including phenoxy) is 1. The van der Waals surface area contributed by atoms with Crippen LogP contribution in [0.2, 0.25) is 5.02 Å². The largest absolute Gasteiger partial charge is 0.495 e. The Labute approximate surface area is 173 Å². The molecule has 2 N–H and O–H groups in total. The van der Waals surface area contributed by atoms with Crippen molar-refractivity contribution < 1.29 is 18.7 Å². The van der Waals surface area contributed by atoms with Crippen molar-refractivity contribution in [3.63, 3.8) is 0 Å². The predicted octanol–water partition coefficient (Wildman–Crippen LogP) is 4.66. The van der Waals surface area contributed by atoms with E-state index in [2.05, 4.69) is 10.6 Å². The smallest absolute Gasteiger partial charge is 0.272 e. The third-order valence-electron chi connectivity index (χ3n) is 4.01. The zero-order valence-electron chi connectivity index (χ0n) is 15.9. The molecule has 1 aromatic heterocycles. The van der Waals surface area contributed by atoms with E-state index < -0.39 is 11.8 Å². The molecule has 1 heterocycles. The molecule has 0 fully saturated rings. The third kappa shape index (κ3) is 5.27. The quantitative estimate of drug-likeness (QED) is 0.579. The fraction of sp³-hybridized carbons (Fsp3) is 0.0909. The molecule has 6 nitrogen and oxygen atoms in total. The molecular formula is C22H19ClN2O4. The lowest BCUT2D eigenvalue weighted by atomic mass is 10.1. The Morgan fingerprint density at radius 2 is 1.93 bits per heavy atom. The van der Waals surface area contributed by atoms with Gasteiger partial charge >= 0.3 is 0 Å². The molecule has 3 aromatic rings. The highest BCUT2D eigenvalue weighted by Crippen LogP contribution is 2.27. The first-order chi connectivity index (χ1) is 14.0. The van der Waals surface area contributed by atoms with Crippen LogP contribution in [0.4, 0.5) is 5.69 Å². The lowest BCUT2D eigenvalue weighted by molar-refractivity contribution is -0.113. The average molecular weight is 411 g/mol. The van der Waals surface area contributed by atoms with Crippen LogP contribution in [0, 0.1) is 6.92 Å². The number of hydrogen-bond acceptors (Lipinski definition) is 4. The van der Waals surface area contributed by atoms with E-state index in [1.165, 1.54) is 19.4 Å². The molecule has 3 rings (SSSR count). The summed E-state index contributed by atoms with van der Waals surface area (Å²) in [6.07, 6.45) is 2.93. The first kappa shape index (κ1) is 20.2. The number of hydrogen-bond donors (Lipinski definition) is 2. The fourth-order valence-corrected chi connectivity index (χ4v) is 2.86. The number of rotatable bonds is 6. The Bertz CT molecular complexity index is 1060. The standard InChI is InChI=1S/C22H19ClN2O4/c1-14-5-3-6-15(11-14)21(26)25-19(13-17-7-4-10-29-17)22(27)24-16-8-9-20(28-2)18(23)12-16/h3-13H,1-2H3,(H,24,27)(H,25,26)/b19-13-. The molecular weight excluding hydrogens is 392 g/mol. The fourth-order valence-electron chi connectivity index (χ4n) is 2.60. The van der Waals surface area contributed by atoms with Gasteiger partial charge < -0.3 is 19.8 Å². The van der Waals surface area contributed by atoms with Gasteiger partial charge in [0.05, 0.1) is 18.4 Å². The molecule has 0 aliphatic rings. The number of aryl methyl sites for hydroxylation is 1. The summed E-state index contributed by atoms with van der Waals surface area (Å²) in [5.74, 6) is -0.0192. The molecule has 2 aromatic carbocycles. The molecule has 2 amide bonds. The normalized spacial score (nSPS) is 11.1. The maximum atomic E-state index is 12.8. The van der Waals surface area contributed by atoms with E-state index in [0.717, 1.165) is 5.56 Å². The molecule has 0 radical (unpaired) electrons. The Morgan fingerprint density at radius 3 is 2.59 bits per heavy atom. The third-order valence-corrected chi connectivity index (χ3v) is 4.31. The molecule has 148 valence electrons. The number of benzene rings is 2. The summed E-state index contributed by atoms with van der Waals surface area (Å²) in [5, 5.41) is 5.71. The summed E-state index contributed by atoms with van der Waals surface area (Å²) in [4.78, 5) is 25.5. The lowest BCUT2D eigenvalue weighted by Crippen LogP contribution is -2.30. The van der Waals surface area contributed by atoms with E-state index in [0.29, 0.717) is 27.8 Å². The van der Waals surface area contributed by atoms with E-state index in [1.807, 2.05) is 13.0 Å². The van der Waals surface area contributed by atoms with E-state index in [4.69, 9.17) is 20.8 Å². The van der Waals surface area contributed by atoms with E-state index >= 15 is 0 Å². The zero-order valence-corrected chi connectivity index (χ0v) is 16.6. The van der Waals surface area contributed by atoms with Gasteiger partial charge in [-0.2, -0.15) is 0 Å². The highest BCUT2D eigenvalue weighted by atomic mass is 35.5. The topological polar surface area (TPSA) is 80.6 Å². The number of methoxy groups -OCH3 is 1. The Balaban J connectivity index is 1.84. The van der Waals surface area contributed by atoms with Crippen LogP contribution >= 0.6 is 11.6 Å². The predicted molar refractivity (Wildman–Crippen MR) is 112 cm³/mol. The van der Waals surface area contributed by atoms with Gasteiger partial charge in [-0.1, -0.05) is 29.3 Å². The molecule has 29 heavy (non-hydrogen) atoms. The Hall–Kier alpha value is -3.51. The molecule has 0 saturated heterocycles. The molecule has 0 spiro atoms. The maximum Gasteiger partial charge on any atom is 0.272 e. The minimum absolute atomic E-state index is 0.0263. The summed E-state index contributed by atoms with van der Waals surface area (Å²) in [5.41, 5.74) is 1.86. The highest BCUT2D eigenvalue weighted by Gasteiger charge is 2.16. The van der Waals surface area contributed by atoms with Crippen molar-refractivity contribution in [1.29, 1.82) is 0 Å². The van der Waals surface area contributed by atoms with Gasteiger partial charge in [0.25, 0.3) is 11.8 Å². The van der Waals surface area contributed by atoms with Crippen LogP contribution in [-0.2, 0) is 4.79 Å². The van der Waals surface area contributed by atoms with Crippen molar-refractivity contribution in [1.82, 2.24) is 5.32 Å². The number of amides is 2. The number of furan rings is 1. The van der Waals surface area contributed by atoms with Gasteiger partial charge in [-0.3, -0.25) is 9.59 Å². The monoisotopic (exact) mass is 410 g/mol. The van der Waals surface area contributed by atoms with Crippen LogP contribution in [0.5, 0.6) is 5.75 Å². The first-order valence-electron chi connectivity index (χ1n) is 8.74. The number of nitrogens with one attached hydrogen (secondary N) is 2. The number of carbonyl (C=O) groups is 2. The number of anilines is 1. The van der Waals surface area contributed by atoms with Gasteiger partial charge in [-0.15, -0.1) is 0 Å². The second-order valence-corrected chi connectivity index (χ2v) is 6.61. The maximum absolute atomic E-state index is 12.8. The lowest BCUT2D eigenvalue weighted by Gasteiger charge is -2.12. The van der Waals surface area contributed by atoms with Crippen molar-refractivity contribution in [3.8, 4) is 5.75 Å². The minimum Gasteiger partial charge on any atom is -0.495 e. The molecule has 0 aliphatic carbocycles. The zero-order chi connectivity index (χ0) is 20.8. The summed E-state index contributed by atoms with van der Waals surface area (Å²) in [7, 11) is 1.50. The van der Waals surface area contributed by atoms with Gasteiger partial charge in [-0.25, -0.2) is 0 Å². The van der Waals surface area contributed by atoms with Gasteiger partial charge in [0.1, 0.15) is 17.2 Å². The number of carbonyl (C=O) groups excluding carboxylic acids is 2. The van der Waals surface area contributed by atoms with Crippen molar-refractivity contribution in [2.24, 2.45) is 0 Å². The van der Waals surface area contributed by atoms with Gasteiger partial charge in [0, 0.05) is 17.3 Å². The van der Waals surface area contributed by atoms with Gasteiger partial charge in [0.2, 0.25) is 0 Å². The molecule has 0 atom stereocenters.